The van der Waals surface area contributed by atoms with Crippen LogP contribution < -0.4 is 0 Å². The maximum absolute atomic E-state index is 5.96. The summed E-state index contributed by atoms with van der Waals surface area (Å²) in [6.45, 7) is 5.14. The number of halogens is 1. The van der Waals surface area contributed by atoms with E-state index in [2.05, 4.69) is 36.6 Å². The Morgan fingerprint density at radius 2 is 2.30 bits per heavy atom. The fourth-order valence-corrected chi connectivity index (χ4v) is 3.40. The molecule has 0 amide bonds. The number of rotatable bonds is 3. The summed E-state index contributed by atoms with van der Waals surface area (Å²) in [7, 11) is 0. The van der Waals surface area contributed by atoms with E-state index in [-0.39, 0.29) is 0 Å². The number of nitrogens with zero attached hydrogens (tertiary/aromatic N) is 2. The minimum absolute atomic E-state index is 0.319. The molecule has 3 rings (SSSR count). The van der Waals surface area contributed by atoms with Crippen LogP contribution in [0, 0.1) is 6.92 Å². The molecule has 1 aromatic carbocycles. The molecule has 1 saturated heterocycles. The highest BCUT2D eigenvalue weighted by Crippen LogP contribution is 2.32. The normalized spacial score (nSPS) is 23.4. The number of hydrogen-bond donors (Lipinski definition) is 0. The van der Waals surface area contributed by atoms with Crippen LogP contribution in [0.1, 0.15) is 37.2 Å². The molecule has 0 saturated carbocycles. The lowest BCUT2D eigenvalue weighted by Crippen LogP contribution is -2.26. The molecule has 0 radical (unpaired) electrons. The highest BCUT2D eigenvalue weighted by molar-refractivity contribution is 6.17. The number of imidazole rings is 1. The van der Waals surface area contributed by atoms with E-state index in [9.17, 15) is 0 Å². The summed E-state index contributed by atoms with van der Waals surface area (Å²) in [4.78, 5) is 4.80. The largest absolute Gasteiger partial charge is 0.378 e. The summed E-state index contributed by atoms with van der Waals surface area (Å²) in [5.41, 5.74) is 3.64. The van der Waals surface area contributed by atoms with E-state index in [1.165, 1.54) is 11.1 Å². The Labute approximate surface area is 124 Å². The van der Waals surface area contributed by atoms with Gasteiger partial charge in [0.2, 0.25) is 0 Å². The number of alkyl halides is 1. The van der Waals surface area contributed by atoms with Crippen LogP contribution in [0.25, 0.3) is 11.0 Å². The molecular formula is C16H21ClN2O. The molecule has 0 spiro atoms. The molecule has 2 atom stereocenters. The van der Waals surface area contributed by atoms with Gasteiger partial charge in [0.15, 0.2) is 0 Å². The van der Waals surface area contributed by atoms with Gasteiger partial charge in [-0.1, -0.05) is 12.1 Å². The molecule has 0 aliphatic carbocycles. The van der Waals surface area contributed by atoms with Gasteiger partial charge in [0.05, 0.1) is 17.1 Å². The average Bonchev–Trinajstić information content (AvgIpc) is 2.79. The molecule has 0 bridgehead atoms. The molecule has 2 heterocycles. The lowest BCUT2D eigenvalue weighted by molar-refractivity contribution is 0.00624. The molecule has 1 aromatic heterocycles. The molecule has 20 heavy (non-hydrogen) atoms. The standard InChI is InChI=1S/C16H21ClN2O/c1-11-4-3-5-14-16(11)19(15(18-14)6-8-17)13-7-9-20-12(2)10-13/h3-5,12-13H,6-10H2,1-2H3. The van der Waals surface area contributed by atoms with Crippen LogP contribution in [-0.2, 0) is 11.2 Å². The van der Waals surface area contributed by atoms with Crippen LogP contribution in [0.4, 0.5) is 0 Å². The third-order valence-corrected chi connectivity index (χ3v) is 4.31. The van der Waals surface area contributed by atoms with Gasteiger partial charge in [0, 0.05) is 24.9 Å². The summed E-state index contributed by atoms with van der Waals surface area (Å²) in [6.07, 6.45) is 3.25. The quantitative estimate of drug-likeness (QED) is 0.803. The van der Waals surface area contributed by atoms with Crippen molar-refractivity contribution in [3.05, 3.63) is 29.6 Å². The van der Waals surface area contributed by atoms with Crippen LogP contribution in [0.15, 0.2) is 18.2 Å². The Balaban J connectivity index is 2.12. The molecule has 0 N–H and O–H groups in total. The summed E-state index contributed by atoms with van der Waals surface area (Å²) < 4.78 is 8.11. The molecule has 2 aromatic rings. The van der Waals surface area contributed by atoms with Gasteiger partial charge in [-0.25, -0.2) is 4.98 Å². The van der Waals surface area contributed by atoms with Gasteiger partial charge in [0.1, 0.15) is 5.82 Å². The van der Waals surface area contributed by atoms with Gasteiger partial charge in [0.25, 0.3) is 0 Å². The Kier molecular flexibility index (Phi) is 3.99. The number of benzene rings is 1. The maximum Gasteiger partial charge on any atom is 0.111 e. The Morgan fingerprint density at radius 3 is 3.05 bits per heavy atom. The average molecular weight is 293 g/mol. The van der Waals surface area contributed by atoms with Crippen molar-refractivity contribution in [3.8, 4) is 0 Å². The van der Waals surface area contributed by atoms with E-state index in [1.54, 1.807) is 0 Å². The molecule has 1 aliphatic rings. The molecule has 4 heteroatoms. The van der Waals surface area contributed by atoms with Gasteiger partial charge in [-0.2, -0.15) is 0 Å². The molecule has 2 unspecified atom stereocenters. The van der Waals surface area contributed by atoms with E-state index < -0.39 is 0 Å². The second kappa shape index (κ2) is 5.74. The predicted molar refractivity (Wildman–Crippen MR) is 82.6 cm³/mol. The SMILES string of the molecule is Cc1cccc2nc(CCCl)n(C3CCOC(C)C3)c12. The Hall–Kier alpha value is -1.06. The first-order valence-electron chi connectivity index (χ1n) is 7.34. The van der Waals surface area contributed by atoms with Crippen molar-refractivity contribution in [2.75, 3.05) is 12.5 Å². The van der Waals surface area contributed by atoms with E-state index in [1.807, 2.05) is 0 Å². The third-order valence-electron chi connectivity index (χ3n) is 4.13. The van der Waals surface area contributed by atoms with Crippen LogP contribution in [0.3, 0.4) is 0 Å². The first-order chi connectivity index (χ1) is 9.70. The van der Waals surface area contributed by atoms with E-state index in [0.29, 0.717) is 18.0 Å². The zero-order valence-corrected chi connectivity index (χ0v) is 12.9. The molecule has 3 nitrogen and oxygen atoms in total. The van der Waals surface area contributed by atoms with Crippen molar-refractivity contribution in [2.24, 2.45) is 0 Å². The van der Waals surface area contributed by atoms with Gasteiger partial charge in [-0.3, -0.25) is 0 Å². The van der Waals surface area contributed by atoms with Gasteiger partial charge in [-0.15, -0.1) is 11.6 Å². The van der Waals surface area contributed by atoms with E-state index >= 15 is 0 Å². The lowest BCUT2D eigenvalue weighted by atomic mass is 10.0. The monoisotopic (exact) mass is 292 g/mol. The third kappa shape index (κ3) is 2.45. The van der Waals surface area contributed by atoms with Crippen molar-refractivity contribution in [3.63, 3.8) is 0 Å². The van der Waals surface area contributed by atoms with Crippen molar-refractivity contribution in [2.45, 2.75) is 45.3 Å². The zero-order chi connectivity index (χ0) is 14.1. The zero-order valence-electron chi connectivity index (χ0n) is 12.1. The van der Waals surface area contributed by atoms with Gasteiger partial charge >= 0.3 is 0 Å². The fraction of sp³-hybridized carbons (Fsp3) is 0.562. The number of aryl methyl sites for hydroxylation is 2. The topological polar surface area (TPSA) is 27.1 Å². The summed E-state index contributed by atoms with van der Waals surface area (Å²) >= 11 is 5.96. The summed E-state index contributed by atoms with van der Waals surface area (Å²) in [5, 5.41) is 0. The van der Waals surface area contributed by atoms with Gasteiger partial charge in [-0.05, 0) is 38.3 Å². The summed E-state index contributed by atoms with van der Waals surface area (Å²) in [6, 6.07) is 6.81. The number of fused-ring (bicyclic) bond motifs is 1. The number of ether oxygens (including phenoxy) is 1. The number of para-hydroxylation sites is 1. The minimum Gasteiger partial charge on any atom is -0.378 e. The Morgan fingerprint density at radius 1 is 1.45 bits per heavy atom. The van der Waals surface area contributed by atoms with E-state index in [0.717, 1.165) is 37.2 Å². The van der Waals surface area contributed by atoms with Crippen molar-refractivity contribution < 1.29 is 4.74 Å². The van der Waals surface area contributed by atoms with Crippen LogP contribution in [-0.4, -0.2) is 28.1 Å². The second-order valence-corrected chi connectivity index (χ2v) is 6.02. The molecule has 1 fully saturated rings. The fourth-order valence-electron chi connectivity index (χ4n) is 3.23. The van der Waals surface area contributed by atoms with Crippen molar-refractivity contribution >= 4 is 22.6 Å². The summed E-state index contributed by atoms with van der Waals surface area (Å²) in [5.74, 6) is 1.73. The minimum atomic E-state index is 0.319. The van der Waals surface area contributed by atoms with Crippen LogP contribution >= 0.6 is 11.6 Å². The van der Waals surface area contributed by atoms with Gasteiger partial charge < -0.3 is 9.30 Å². The molecule has 108 valence electrons. The highest BCUT2D eigenvalue weighted by Gasteiger charge is 2.25. The smallest absolute Gasteiger partial charge is 0.111 e. The molecular weight excluding hydrogens is 272 g/mol. The van der Waals surface area contributed by atoms with E-state index in [4.69, 9.17) is 21.3 Å². The second-order valence-electron chi connectivity index (χ2n) is 5.64. The first-order valence-corrected chi connectivity index (χ1v) is 7.88. The van der Waals surface area contributed by atoms with Crippen molar-refractivity contribution in [1.82, 2.24) is 9.55 Å². The van der Waals surface area contributed by atoms with Crippen LogP contribution in [0.2, 0.25) is 0 Å². The lowest BCUT2D eigenvalue weighted by Gasteiger charge is -2.30. The molecule has 1 aliphatic heterocycles. The highest BCUT2D eigenvalue weighted by atomic mass is 35.5. The number of aromatic nitrogens is 2. The first kappa shape index (κ1) is 13.9. The maximum atomic E-state index is 5.96. The van der Waals surface area contributed by atoms with Crippen molar-refractivity contribution in [1.29, 1.82) is 0 Å². The Bertz CT molecular complexity index is 608. The number of hydrogen-bond acceptors (Lipinski definition) is 2. The van der Waals surface area contributed by atoms with Crippen LogP contribution in [0.5, 0.6) is 0 Å². The predicted octanol–water partition coefficient (Wildman–Crippen LogP) is 3.87.